The number of nitrogens with one attached hydrogen (secondary N) is 1. The van der Waals surface area contributed by atoms with Crippen molar-refractivity contribution in [1.29, 1.82) is 0 Å². The summed E-state index contributed by atoms with van der Waals surface area (Å²) in [5, 5.41) is 3.29. The van der Waals surface area contributed by atoms with Crippen molar-refractivity contribution in [2.75, 3.05) is 0 Å². The fourth-order valence-electron chi connectivity index (χ4n) is 6.97. The molecule has 12 heteroatoms. The van der Waals surface area contributed by atoms with Crippen LogP contribution in [0.1, 0.15) is 51.5 Å². The third kappa shape index (κ3) is 4.77. The molecule has 7 rings (SSSR count). The summed E-state index contributed by atoms with van der Waals surface area (Å²) in [4.78, 5) is 17.9. The maximum Gasteiger partial charge on any atom is 0.392 e. The van der Waals surface area contributed by atoms with Crippen molar-refractivity contribution in [3.63, 3.8) is 0 Å². The van der Waals surface area contributed by atoms with Crippen LogP contribution in [0.3, 0.4) is 0 Å². The van der Waals surface area contributed by atoms with Crippen LogP contribution in [0.4, 0.5) is 17.6 Å². The molecule has 2 bridgehead atoms. The molecule has 4 saturated carbocycles. The monoisotopic (exact) mass is 611 g/mol. The Balaban J connectivity index is 1.22. The van der Waals surface area contributed by atoms with E-state index in [1.54, 1.807) is 24.3 Å². The summed E-state index contributed by atoms with van der Waals surface area (Å²) in [6.45, 7) is 3.57. The van der Waals surface area contributed by atoms with E-state index in [9.17, 15) is 30.8 Å². The number of sulfonamides is 1. The number of aliphatic imine (C=N–C) groups is 1. The summed E-state index contributed by atoms with van der Waals surface area (Å²) in [5.74, 6) is -2.44. The molecule has 0 aromatic heterocycles. The molecule has 0 spiro atoms. The number of amidine groups is 1. The van der Waals surface area contributed by atoms with Gasteiger partial charge in [-0.05, 0) is 75.3 Å². The second kappa shape index (κ2) is 9.25. The van der Waals surface area contributed by atoms with Gasteiger partial charge in [0.25, 0.3) is 0 Å². The van der Waals surface area contributed by atoms with Gasteiger partial charge in [-0.3, -0.25) is 9.79 Å². The fourth-order valence-corrected chi connectivity index (χ4v) is 8.86. The van der Waals surface area contributed by atoms with Crippen molar-refractivity contribution in [3.8, 4) is 0 Å². The number of ketones is 1. The van der Waals surface area contributed by atoms with Crippen LogP contribution in [-0.4, -0.2) is 47.6 Å². The van der Waals surface area contributed by atoms with Crippen LogP contribution in [0.15, 0.2) is 58.4 Å². The Morgan fingerprint density at radius 1 is 1.12 bits per heavy atom. The largest absolute Gasteiger partial charge is 0.392 e. The second-order valence-electron chi connectivity index (χ2n) is 12.6. The van der Waals surface area contributed by atoms with Crippen LogP contribution in [-0.2, 0) is 21.4 Å². The summed E-state index contributed by atoms with van der Waals surface area (Å²) in [6.07, 6.45) is -3.08. The maximum atomic E-state index is 14.2. The summed E-state index contributed by atoms with van der Waals surface area (Å²) >= 11 is 5.84. The first-order valence-corrected chi connectivity index (χ1v) is 15.4. The molecule has 0 saturated heterocycles. The third-order valence-corrected chi connectivity index (χ3v) is 11.4. The zero-order valence-electron chi connectivity index (χ0n) is 22.5. The summed E-state index contributed by atoms with van der Waals surface area (Å²) in [7, 11) is -3.95. The van der Waals surface area contributed by atoms with Gasteiger partial charge in [0, 0.05) is 23.9 Å². The lowest BCUT2D eigenvalue weighted by Gasteiger charge is -2.73. The van der Waals surface area contributed by atoms with E-state index in [0.29, 0.717) is 30.7 Å². The number of hydrogen-bond acceptors (Lipinski definition) is 5. The Bertz CT molecular complexity index is 1520. The molecule has 2 unspecified atom stereocenters. The lowest BCUT2D eigenvalue weighted by molar-refractivity contribution is -0.151. The van der Waals surface area contributed by atoms with E-state index < -0.39 is 56.4 Å². The Labute approximate surface area is 241 Å². The minimum Gasteiger partial charge on any atom is -0.366 e. The number of rotatable bonds is 9. The molecular formula is C29H30ClF4N3O3S. The van der Waals surface area contributed by atoms with E-state index in [2.05, 4.69) is 5.32 Å². The molecule has 220 valence electrons. The van der Waals surface area contributed by atoms with Crippen LogP contribution in [0, 0.1) is 23.1 Å². The van der Waals surface area contributed by atoms with Crippen LogP contribution >= 0.6 is 11.6 Å². The first-order valence-electron chi connectivity index (χ1n) is 13.5. The number of benzene rings is 2. The Morgan fingerprint density at radius 2 is 1.78 bits per heavy atom. The lowest BCUT2D eigenvalue weighted by atomic mass is 9.38. The van der Waals surface area contributed by atoms with E-state index in [1.165, 1.54) is 28.6 Å². The average Bonchev–Trinajstić information content (AvgIpc) is 3.55. The molecule has 6 nitrogen and oxygen atoms in total. The van der Waals surface area contributed by atoms with E-state index in [4.69, 9.17) is 16.6 Å². The third-order valence-electron chi connectivity index (χ3n) is 9.17. The minimum atomic E-state index is -4.29. The highest BCUT2D eigenvalue weighted by molar-refractivity contribution is 7.89. The minimum absolute atomic E-state index is 0.0257. The predicted octanol–water partition coefficient (Wildman–Crippen LogP) is 5.90. The average molecular weight is 612 g/mol. The zero-order chi connectivity index (χ0) is 29.6. The smallest absolute Gasteiger partial charge is 0.366 e. The molecule has 1 heterocycles. The fraction of sp³-hybridized carbons (Fsp3) is 0.517. The van der Waals surface area contributed by atoms with Crippen LogP contribution in [0.25, 0.3) is 0 Å². The van der Waals surface area contributed by atoms with Gasteiger partial charge < -0.3 is 5.32 Å². The number of hydrogen-bond donors (Lipinski definition) is 1. The van der Waals surface area contributed by atoms with Crippen molar-refractivity contribution in [1.82, 2.24) is 9.62 Å². The van der Waals surface area contributed by atoms with Crippen molar-refractivity contribution in [2.24, 2.45) is 22.2 Å². The first-order chi connectivity index (χ1) is 19.1. The molecule has 4 aliphatic carbocycles. The van der Waals surface area contributed by atoms with Gasteiger partial charge >= 0.3 is 6.18 Å². The highest BCUT2D eigenvalue weighted by Gasteiger charge is 2.75. The van der Waals surface area contributed by atoms with Gasteiger partial charge in [0.2, 0.25) is 10.0 Å². The van der Waals surface area contributed by atoms with Gasteiger partial charge in [-0.1, -0.05) is 35.9 Å². The van der Waals surface area contributed by atoms with Gasteiger partial charge in [-0.15, -0.1) is 0 Å². The van der Waals surface area contributed by atoms with Gasteiger partial charge in [-0.2, -0.15) is 17.5 Å². The lowest BCUT2D eigenvalue weighted by Crippen LogP contribution is -2.78. The number of carbonyl (C=O) groups excluding carboxylic acids is 1. The number of alkyl halides is 3. The SMILES string of the molecule is CC1(C)NC(C23CC(N(Cc4ccc(Cl)c(F)c4)S(=O)(=O)c4ccccc4)(C2)C3)=N[C@H]1C(=O)CC1CC1C(F)(F)F. The second-order valence-corrected chi connectivity index (χ2v) is 14.9. The molecule has 2 aromatic carbocycles. The molecule has 41 heavy (non-hydrogen) atoms. The van der Waals surface area contributed by atoms with Crippen LogP contribution in [0.5, 0.6) is 0 Å². The Hall–Kier alpha value is -2.50. The first kappa shape index (κ1) is 28.6. The quantitative estimate of drug-likeness (QED) is 0.358. The maximum absolute atomic E-state index is 14.2. The van der Waals surface area contributed by atoms with E-state index in [-0.39, 0.29) is 35.1 Å². The molecule has 1 N–H and O–H groups in total. The standard InChI is InChI=1S/C29H30ClF4N3O3S/c1-26(2)24(23(38)12-18-11-20(18)29(32,33)34)35-25(36-26)27-14-28(15-27,16-27)37(13-17-8-9-21(30)22(31)10-17)41(39,40)19-6-4-3-5-7-19/h3-10,18,20,24H,11-16H2,1-2H3,(H,35,36)/t18?,20?,24-,27?,28?/m0/s1. The highest BCUT2D eigenvalue weighted by atomic mass is 35.5. The Morgan fingerprint density at radius 3 is 2.37 bits per heavy atom. The van der Waals surface area contributed by atoms with E-state index in [0.717, 1.165) is 0 Å². The van der Waals surface area contributed by atoms with Gasteiger partial charge in [0.1, 0.15) is 17.7 Å². The van der Waals surface area contributed by atoms with Crippen molar-refractivity contribution in [2.45, 2.75) is 80.7 Å². The van der Waals surface area contributed by atoms with Gasteiger partial charge in [0.05, 0.1) is 21.4 Å². The van der Waals surface area contributed by atoms with Crippen molar-refractivity contribution in [3.05, 3.63) is 64.9 Å². The molecule has 4 fully saturated rings. The number of Topliss-reactive ketones (excluding diaryl/α,β-unsaturated/α-hetero) is 1. The number of halogens is 5. The van der Waals surface area contributed by atoms with E-state index in [1.807, 2.05) is 13.8 Å². The molecule has 0 radical (unpaired) electrons. The Kier molecular flexibility index (Phi) is 6.45. The molecular weight excluding hydrogens is 582 g/mol. The van der Waals surface area contributed by atoms with E-state index >= 15 is 0 Å². The molecule has 2 aromatic rings. The molecule has 3 atom stereocenters. The number of nitrogens with zero attached hydrogens (tertiary/aromatic N) is 2. The van der Waals surface area contributed by atoms with Crippen molar-refractivity contribution < 1.29 is 30.8 Å². The zero-order valence-corrected chi connectivity index (χ0v) is 24.1. The van der Waals surface area contributed by atoms with Gasteiger partial charge in [0.15, 0.2) is 5.78 Å². The molecule has 5 aliphatic rings. The summed E-state index contributed by atoms with van der Waals surface area (Å²) in [6, 6.07) is 11.5. The molecule has 1 aliphatic heterocycles. The predicted molar refractivity (Wildman–Crippen MR) is 145 cm³/mol. The number of carbonyl (C=O) groups is 1. The topological polar surface area (TPSA) is 78.8 Å². The summed E-state index contributed by atoms with van der Waals surface area (Å²) < 4.78 is 82.4. The van der Waals surface area contributed by atoms with Crippen LogP contribution < -0.4 is 5.32 Å². The van der Waals surface area contributed by atoms with Gasteiger partial charge in [-0.25, -0.2) is 12.8 Å². The summed E-state index contributed by atoms with van der Waals surface area (Å²) in [5.41, 5.74) is -1.47. The highest BCUT2D eigenvalue weighted by Crippen LogP contribution is 2.71. The molecule has 0 amide bonds. The van der Waals surface area contributed by atoms with Crippen LogP contribution in [0.2, 0.25) is 5.02 Å². The van der Waals surface area contributed by atoms with Crippen molar-refractivity contribution >= 4 is 33.2 Å². The normalized spacial score (nSPS) is 31.6.